The summed E-state index contributed by atoms with van der Waals surface area (Å²) in [5.41, 5.74) is 0.450. The first-order chi connectivity index (χ1) is 9.15. The molecule has 0 N–H and O–H groups in total. The van der Waals surface area contributed by atoms with Crippen LogP contribution in [-0.2, 0) is 0 Å². The molecule has 4 nitrogen and oxygen atoms in total. The van der Waals surface area contributed by atoms with Crippen molar-refractivity contribution in [2.45, 2.75) is 31.8 Å². The summed E-state index contributed by atoms with van der Waals surface area (Å²) in [6, 6.07) is 4.11. The number of carbonyl (C=O) groups is 1. The molecule has 1 aromatic rings. The van der Waals surface area contributed by atoms with E-state index in [2.05, 4.69) is 16.8 Å². The second-order valence-electron chi connectivity index (χ2n) is 5.46. The molecular formula is C14H18ClN3O. The van der Waals surface area contributed by atoms with E-state index in [1.54, 1.807) is 18.3 Å². The van der Waals surface area contributed by atoms with Gasteiger partial charge >= 0.3 is 0 Å². The van der Waals surface area contributed by atoms with Gasteiger partial charge in [-0.1, -0.05) is 11.6 Å². The molecule has 2 unspecified atom stereocenters. The Morgan fingerprint density at radius 1 is 1.47 bits per heavy atom. The molecule has 0 spiro atoms. The lowest BCUT2D eigenvalue weighted by atomic mass is 10.1. The molecule has 2 atom stereocenters. The highest BCUT2D eigenvalue weighted by Crippen LogP contribution is 2.25. The van der Waals surface area contributed by atoms with Gasteiger partial charge in [-0.05, 0) is 38.4 Å². The number of halogens is 1. The van der Waals surface area contributed by atoms with Gasteiger partial charge in [-0.3, -0.25) is 14.7 Å². The van der Waals surface area contributed by atoms with Crippen molar-refractivity contribution in [1.82, 2.24) is 14.8 Å². The SMILES string of the molecule is CC1CN2CCCC2CN1C(=O)c1cc(Cl)ccn1. The number of hydrogen-bond acceptors (Lipinski definition) is 3. The topological polar surface area (TPSA) is 36.4 Å². The number of amides is 1. The molecule has 19 heavy (non-hydrogen) atoms. The maximum atomic E-state index is 12.5. The molecule has 2 aliphatic rings. The number of aromatic nitrogens is 1. The largest absolute Gasteiger partial charge is 0.332 e. The van der Waals surface area contributed by atoms with Crippen LogP contribution in [0.2, 0.25) is 5.02 Å². The zero-order valence-corrected chi connectivity index (χ0v) is 11.8. The van der Waals surface area contributed by atoms with Crippen molar-refractivity contribution >= 4 is 17.5 Å². The molecule has 2 fully saturated rings. The van der Waals surface area contributed by atoms with Crippen molar-refractivity contribution in [3.8, 4) is 0 Å². The number of fused-ring (bicyclic) bond motifs is 1. The monoisotopic (exact) mass is 279 g/mol. The second-order valence-corrected chi connectivity index (χ2v) is 5.89. The minimum atomic E-state index is 0.00144. The zero-order chi connectivity index (χ0) is 13.4. The molecule has 0 aliphatic carbocycles. The Labute approximate surface area is 118 Å². The minimum Gasteiger partial charge on any atom is -0.332 e. The molecule has 0 saturated carbocycles. The van der Waals surface area contributed by atoms with Crippen molar-refractivity contribution in [1.29, 1.82) is 0 Å². The van der Waals surface area contributed by atoms with E-state index in [4.69, 9.17) is 11.6 Å². The Kier molecular flexibility index (Phi) is 3.46. The molecule has 2 aliphatic heterocycles. The van der Waals surface area contributed by atoms with Gasteiger partial charge in [-0.2, -0.15) is 0 Å². The Morgan fingerprint density at radius 3 is 3.11 bits per heavy atom. The summed E-state index contributed by atoms with van der Waals surface area (Å²) in [4.78, 5) is 21.1. The first-order valence-electron chi connectivity index (χ1n) is 6.82. The van der Waals surface area contributed by atoms with Crippen molar-refractivity contribution in [3.63, 3.8) is 0 Å². The van der Waals surface area contributed by atoms with Crippen molar-refractivity contribution in [3.05, 3.63) is 29.0 Å². The first-order valence-corrected chi connectivity index (χ1v) is 7.19. The van der Waals surface area contributed by atoms with Gasteiger partial charge in [0.25, 0.3) is 5.91 Å². The number of hydrogen-bond donors (Lipinski definition) is 0. The van der Waals surface area contributed by atoms with Crippen LogP contribution in [0.3, 0.4) is 0 Å². The summed E-state index contributed by atoms with van der Waals surface area (Å²) in [5.74, 6) is 0.00144. The Balaban J connectivity index is 1.79. The van der Waals surface area contributed by atoms with Crippen LogP contribution in [0.15, 0.2) is 18.3 Å². The fourth-order valence-corrected chi connectivity index (χ4v) is 3.30. The molecule has 5 heteroatoms. The highest BCUT2D eigenvalue weighted by Gasteiger charge is 2.36. The van der Waals surface area contributed by atoms with Crippen LogP contribution in [0.5, 0.6) is 0 Å². The maximum Gasteiger partial charge on any atom is 0.272 e. The van der Waals surface area contributed by atoms with Crippen molar-refractivity contribution in [2.75, 3.05) is 19.6 Å². The van der Waals surface area contributed by atoms with Gasteiger partial charge in [0.05, 0.1) is 0 Å². The predicted molar refractivity (Wildman–Crippen MR) is 74.3 cm³/mol. The molecule has 2 saturated heterocycles. The Bertz CT molecular complexity index is 493. The molecule has 0 radical (unpaired) electrons. The van der Waals surface area contributed by atoms with Gasteiger partial charge in [0.1, 0.15) is 5.69 Å². The van der Waals surface area contributed by atoms with E-state index < -0.39 is 0 Å². The first kappa shape index (κ1) is 12.9. The summed E-state index contributed by atoms with van der Waals surface area (Å²) in [6.45, 7) is 5.06. The third-order valence-corrected chi connectivity index (χ3v) is 4.37. The van der Waals surface area contributed by atoms with Crippen LogP contribution in [0, 0.1) is 0 Å². The van der Waals surface area contributed by atoms with Gasteiger partial charge in [0.2, 0.25) is 0 Å². The van der Waals surface area contributed by atoms with Crippen molar-refractivity contribution in [2.24, 2.45) is 0 Å². The predicted octanol–water partition coefficient (Wildman–Crippen LogP) is 2.04. The average molecular weight is 280 g/mol. The highest BCUT2D eigenvalue weighted by molar-refractivity contribution is 6.30. The quantitative estimate of drug-likeness (QED) is 0.789. The third kappa shape index (κ3) is 2.47. The van der Waals surface area contributed by atoms with Crippen LogP contribution in [0.25, 0.3) is 0 Å². The molecule has 1 amide bonds. The molecular weight excluding hydrogens is 262 g/mol. The number of carbonyl (C=O) groups excluding carboxylic acids is 1. The molecule has 102 valence electrons. The summed E-state index contributed by atoms with van der Waals surface area (Å²) >= 11 is 5.93. The van der Waals surface area contributed by atoms with Crippen molar-refractivity contribution < 1.29 is 4.79 Å². The van der Waals surface area contributed by atoms with E-state index in [1.807, 2.05) is 4.90 Å². The Morgan fingerprint density at radius 2 is 2.32 bits per heavy atom. The van der Waals surface area contributed by atoms with Gasteiger partial charge in [0.15, 0.2) is 0 Å². The smallest absolute Gasteiger partial charge is 0.272 e. The molecule has 3 heterocycles. The number of nitrogens with zero attached hydrogens (tertiary/aromatic N) is 3. The number of pyridine rings is 1. The van der Waals surface area contributed by atoms with E-state index in [-0.39, 0.29) is 11.9 Å². The van der Waals surface area contributed by atoms with Crippen LogP contribution < -0.4 is 0 Å². The molecule has 0 aromatic carbocycles. The van der Waals surface area contributed by atoms with Crippen LogP contribution in [0.4, 0.5) is 0 Å². The molecule has 3 rings (SSSR count). The summed E-state index contributed by atoms with van der Waals surface area (Å²) < 4.78 is 0. The maximum absolute atomic E-state index is 12.5. The van der Waals surface area contributed by atoms with Gasteiger partial charge in [-0.25, -0.2) is 0 Å². The van der Waals surface area contributed by atoms with E-state index in [9.17, 15) is 4.79 Å². The zero-order valence-electron chi connectivity index (χ0n) is 11.1. The lowest BCUT2D eigenvalue weighted by Crippen LogP contribution is -2.56. The fraction of sp³-hybridized carbons (Fsp3) is 0.571. The van der Waals surface area contributed by atoms with Gasteiger partial charge in [0, 0.05) is 36.4 Å². The van der Waals surface area contributed by atoms with E-state index in [0.29, 0.717) is 16.8 Å². The summed E-state index contributed by atoms with van der Waals surface area (Å²) in [5, 5.41) is 0.561. The summed E-state index contributed by atoms with van der Waals surface area (Å²) in [6.07, 6.45) is 4.03. The average Bonchev–Trinajstić information content (AvgIpc) is 2.84. The summed E-state index contributed by atoms with van der Waals surface area (Å²) in [7, 11) is 0. The normalized spacial score (nSPS) is 27.4. The molecule has 1 aromatic heterocycles. The van der Waals surface area contributed by atoms with Gasteiger partial charge in [-0.15, -0.1) is 0 Å². The second kappa shape index (κ2) is 5.10. The van der Waals surface area contributed by atoms with E-state index in [0.717, 1.165) is 13.1 Å². The third-order valence-electron chi connectivity index (χ3n) is 4.14. The number of rotatable bonds is 1. The lowest BCUT2D eigenvalue weighted by Gasteiger charge is -2.42. The lowest BCUT2D eigenvalue weighted by molar-refractivity contribution is 0.0390. The standard InChI is InChI=1S/C14H18ClN3O/c1-10-8-17-6-2-3-12(17)9-18(10)14(19)13-7-11(15)4-5-16-13/h4-5,7,10,12H,2-3,6,8-9H2,1H3. The fourth-order valence-electron chi connectivity index (χ4n) is 3.14. The Hall–Kier alpha value is -1.13. The van der Waals surface area contributed by atoms with Gasteiger partial charge < -0.3 is 4.90 Å². The van der Waals surface area contributed by atoms with E-state index >= 15 is 0 Å². The molecule has 0 bridgehead atoms. The van der Waals surface area contributed by atoms with Crippen LogP contribution >= 0.6 is 11.6 Å². The highest BCUT2D eigenvalue weighted by atomic mass is 35.5. The van der Waals surface area contributed by atoms with E-state index in [1.165, 1.54) is 19.4 Å². The minimum absolute atomic E-state index is 0.00144. The van der Waals surface area contributed by atoms with Crippen LogP contribution in [0.1, 0.15) is 30.3 Å². The number of piperazine rings is 1. The van der Waals surface area contributed by atoms with Crippen LogP contribution in [-0.4, -0.2) is 52.4 Å².